The van der Waals surface area contributed by atoms with Crippen molar-refractivity contribution in [1.29, 1.82) is 0 Å². The van der Waals surface area contributed by atoms with E-state index in [4.69, 9.17) is 14.2 Å². The van der Waals surface area contributed by atoms with Gasteiger partial charge >= 0.3 is 12.1 Å². The Labute approximate surface area is 147 Å². The third-order valence-corrected chi connectivity index (χ3v) is 3.64. The van der Waals surface area contributed by atoms with E-state index >= 15 is 0 Å². The highest BCUT2D eigenvalue weighted by Crippen LogP contribution is 2.22. The molecule has 0 bridgehead atoms. The lowest BCUT2D eigenvalue weighted by Gasteiger charge is -2.26. The summed E-state index contributed by atoms with van der Waals surface area (Å²) in [7, 11) is 0. The number of aliphatic hydroxyl groups is 1. The van der Waals surface area contributed by atoms with Crippen LogP contribution in [0.5, 0.6) is 0 Å². The quantitative estimate of drug-likeness (QED) is 0.787. The van der Waals surface area contributed by atoms with Crippen molar-refractivity contribution in [2.45, 2.75) is 51.0 Å². The Balaban J connectivity index is 2.04. The summed E-state index contributed by atoms with van der Waals surface area (Å²) in [5, 5.41) is 11.9. The van der Waals surface area contributed by atoms with Gasteiger partial charge in [-0.15, -0.1) is 0 Å². The number of nitrogens with one attached hydrogen (secondary N) is 1. The fraction of sp³-hybridized carbons (Fsp3) is 0.556. The first-order valence-electron chi connectivity index (χ1n) is 8.28. The molecule has 2 N–H and O–H groups in total. The summed E-state index contributed by atoms with van der Waals surface area (Å²) in [5.41, 5.74) is -0.226. The highest BCUT2D eigenvalue weighted by Gasteiger charge is 2.41. The van der Waals surface area contributed by atoms with Crippen molar-refractivity contribution in [2.24, 2.45) is 0 Å². The summed E-state index contributed by atoms with van der Waals surface area (Å²) >= 11 is 0. The van der Waals surface area contributed by atoms with Crippen LogP contribution in [0.3, 0.4) is 0 Å². The van der Waals surface area contributed by atoms with Crippen LogP contribution in [0, 0.1) is 0 Å². The third kappa shape index (κ3) is 5.72. The smallest absolute Gasteiger partial charge is 0.408 e. The molecule has 1 aliphatic heterocycles. The minimum atomic E-state index is -0.656. The number of carbonyl (C=O) groups excluding carboxylic acids is 2. The van der Waals surface area contributed by atoms with Crippen molar-refractivity contribution < 1.29 is 28.9 Å². The van der Waals surface area contributed by atoms with E-state index in [-0.39, 0.29) is 13.2 Å². The summed E-state index contributed by atoms with van der Waals surface area (Å²) in [6.07, 6.45) is -1.41. The lowest BCUT2D eigenvalue weighted by molar-refractivity contribution is 0.0191. The molecule has 0 aromatic heterocycles. The SMILES string of the molecule is CC(C)(C)OC(=O)N[C@H]1[C@H](CCO)OC[C@@H]1OC(=O)c1ccccc1. The van der Waals surface area contributed by atoms with Gasteiger partial charge in [0.2, 0.25) is 0 Å². The first-order chi connectivity index (χ1) is 11.8. The summed E-state index contributed by atoms with van der Waals surface area (Å²) in [4.78, 5) is 24.3. The van der Waals surface area contributed by atoms with Crippen LogP contribution in [-0.2, 0) is 14.2 Å². The minimum Gasteiger partial charge on any atom is -0.454 e. The van der Waals surface area contributed by atoms with Crippen LogP contribution in [0.25, 0.3) is 0 Å². The van der Waals surface area contributed by atoms with E-state index in [1.807, 2.05) is 0 Å². The highest BCUT2D eigenvalue weighted by atomic mass is 16.6. The molecule has 1 aliphatic rings. The van der Waals surface area contributed by atoms with Gasteiger partial charge in [-0.05, 0) is 39.3 Å². The highest BCUT2D eigenvalue weighted by molar-refractivity contribution is 5.89. The number of amides is 1. The second-order valence-corrected chi connectivity index (χ2v) is 6.87. The maximum atomic E-state index is 12.3. The van der Waals surface area contributed by atoms with E-state index in [1.54, 1.807) is 51.1 Å². The van der Waals surface area contributed by atoms with Gasteiger partial charge in [0.05, 0.1) is 24.3 Å². The molecule has 138 valence electrons. The van der Waals surface area contributed by atoms with Gasteiger partial charge in [0.15, 0.2) is 0 Å². The zero-order valence-electron chi connectivity index (χ0n) is 14.7. The summed E-state index contributed by atoms with van der Waals surface area (Å²) < 4.78 is 16.3. The Morgan fingerprint density at radius 2 is 1.96 bits per heavy atom. The van der Waals surface area contributed by atoms with Crippen molar-refractivity contribution >= 4 is 12.1 Å². The van der Waals surface area contributed by atoms with Gasteiger partial charge in [0.1, 0.15) is 11.7 Å². The Morgan fingerprint density at radius 1 is 1.28 bits per heavy atom. The molecule has 0 spiro atoms. The fourth-order valence-electron chi connectivity index (χ4n) is 2.57. The largest absolute Gasteiger partial charge is 0.454 e. The fourth-order valence-corrected chi connectivity index (χ4v) is 2.57. The number of hydrogen-bond acceptors (Lipinski definition) is 6. The lowest BCUT2D eigenvalue weighted by Crippen LogP contribution is -2.49. The molecule has 1 amide bonds. The second kappa shape index (κ2) is 8.31. The minimum absolute atomic E-state index is 0.101. The number of ether oxygens (including phenoxy) is 3. The average Bonchev–Trinajstić information content (AvgIpc) is 2.89. The first kappa shape index (κ1) is 19.2. The zero-order valence-corrected chi connectivity index (χ0v) is 14.7. The second-order valence-electron chi connectivity index (χ2n) is 6.87. The standard InChI is InChI=1S/C18H25NO6/c1-18(2,3)25-17(22)19-15-13(9-10-20)23-11-14(15)24-16(21)12-7-5-4-6-8-12/h4-8,13-15,20H,9-11H2,1-3H3,(H,19,22)/t13-,14-,15-/m0/s1. The Bertz CT molecular complexity index is 583. The number of rotatable bonds is 5. The first-order valence-corrected chi connectivity index (χ1v) is 8.28. The lowest BCUT2D eigenvalue weighted by atomic mass is 10.1. The van der Waals surface area contributed by atoms with Crippen LogP contribution in [0.1, 0.15) is 37.6 Å². The molecule has 7 heteroatoms. The van der Waals surface area contributed by atoms with E-state index in [1.165, 1.54) is 0 Å². The van der Waals surface area contributed by atoms with Gasteiger partial charge in [0, 0.05) is 6.61 Å². The van der Waals surface area contributed by atoms with Crippen molar-refractivity contribution in [3.05, 3.63) is 35.9 Å². The van der Waals surface area contributed by atoms with E-state index < -0.39 is 35.9 Å². The van der Waals surface area contributed by atoms with Gasteiger partial charge in [0.25, 0.3) is 0 Å². The van der Waals surface area contributed by atoms with E-state index in [0.29, 0.717) is 12.0 Å². The number of carbonyl (C=O) groups is 2. The van der Waals surface area contributed by atoms with Crippen LogP contribution in [0.2, 0.25) is 0 Å². The molecule has 0 aliphatic carbocycles. The molecule has 25 heavy (non-hydrogen) atoms. The molecule has 1 fully saturated rings. The average molecular weight is 351 g/mol. The van der Waals surface area contributed by atoms with Crippen LogP contribution >= 0.6 is 0 Å². The summed E-state index contributed by atoms with van der Waals surface area (Å²) in [6.45, 7) is 5.32. The number of alkyl carbamates (subject to hydrolysis) is 1. The maximum absolute atomic E-state index is 12.3. The number of aliphatic hydroxyl groups excluding tert-OH is 1. The predicted octanol–water partition coefficient (Wildman–Crippen LogP) is 1.89. The zero-order chi connectivity index (χ0) is 18.4. The van der Waals surface area contributed by atoms with Crippen LogP contribution in [-0.4, -0.2) is 54.2 Å². The molecule has 3 atom stereocenters. The number of hydrogen-bond donors (Lipinski definition) is 2. The van der Waals surface area contributed by atoms with Crippen LogP contribution < -0.4 is 5.32 Å². The summed E-state index contributed by atoms with van der Waals surface area (Å²) in [5.74, 6) is -0.491. The maximum Gasteiger partial charge on any atom is 0.408 e. The molecule has 7 nitrogen and oxygen atoms in total. The van der Waals surface area contributed by atoms with E-state index in [0.717, 1.165) is 0 Å². The van der Waals surface area contributed by atoms with Crippen molar-refractivity contribution in [2.75, 3.05) is 13.2 Å². The molecular weight excluding hydrogens is 326 g/mol. The molecule has 1 saturated heterocycles. The molecule has 2 rings (SSSR count). The van der Waals surface area contributed by atoms with Crippen molar-refractivity contribution in [3.8, 4) is 0 Å². The van der Waals surface area contributed by atoms with Gasteiger partial charge in [-0.3, -0.25) is 0 Å². The van der Waals surface area contributed by atoms with Crippen molar-refractivity contribution in [3.63, 3.8) is 0 Å². The molecule has 0 radical (unpaired) electrons. The van der Waals surface area contributed by atoms with Gasteiger partial charge in [-0.2, -0.15) is 0 Å². The Morgan fingerprint density at radius 3 is 2.56 bits per heavy atom. The molecule has 0 unspecified atom stereocenters. The van der Waals surface area contributed by atoms with Crippen molar-refractivity contribution in [1.82, 2.24) is 5.32 Å². The molecule has 0 saturated carbocycles. The van der Waals surface area contributed by atoms with Gasteiger partial charge < -0.3 is 24.6 Å². The van der Waals surface area contributed by atoms with Crippen LogP contribution in [0.15, 0.2) is 30.3 Å². The third-order valence-electron chi connectivity index (χ3n) is 3.64. The van der Waals surface area contributed by atoms with E-state index in [9.17, 15) is 14.7 Å². The van der Waals surface area contributed by atoms with Crippen LogP contribution in [0.4, 0.5) is 4.79 Å². The van der Waals surface area contributed by atoms with Gasteiger partial charge in [-0.25, -0.2) is 9.59 Å². The number of benzene rings is 1. The molecular formula is C18H25NO6. The molecule has 1 heterocycles. The van der Waals surface area contributed by atoms with E-state index in [2.05, 4.69) is 5.32 Å². The van der Waals surface area contributed by atoms with Gasteiger partial charge in [-0.1, -0.05) is 18.2 Å². The Hall–Kier alpha value is -2.12. The molecule has 1 aromatic carbocycles. The molecule has 1 aromatic rings. The topological polar surface area (TPSA) is 94.1 Å². The Kier molecular flexibility index (Phi) is 6.39. The number of esters is 1. The summed E-state index contributed by atoms with van der Waals surface area (Å²) in [6, 6.07) is 8.01. The normalized spacial score (nSPS) is 23.1. The predicted molar refractivity (Wildman–Crippen MR) is 90.2 cm³/mol. The monoisotopic (exact) mass is 351 g/mol.